The van der Waals surface area contributed by atoms with Gasteiger partial charge in [-0.25, -0.2) is 23.5 Å². The van der Waals surface area contributed by atoms with E-state index in [0.29, 0.717) is 22.4 Å². The van der Waals surface area contributed by atoms with Crippen LogP contribution in [-0.4, -0.2) is 41.3 Å². The lowest BCUT2D eigenvalue weighted by molar-refractivity contribution is 0.246. The third-order valence-electron chi connectivity index (χ3n) is 5.12. The van der Waals surface area contributed by atoms with Crippen molar-refractivity contribution in [1.29, 1.82) is 0 Å². The molecule has 0 radical (unpaired) electrons. The minimum absolute atomic E-state index is 0.0530. The van der Waals surface area contributed by atoms with Crippen molar-refractivity contribution in [2.45, 2.75) is 13.5 Å². The molecule has 1 aromatic heterocycles. The molecule has 9 heteroatoms. The molecular weight excluding hydrogens is 404 g/mol. The number of aliphatic hydroxyl groups excluding tert-OH is 1. The van der Waals surface area contributed by atoms with Crippen molar-refractivity contribution >= 4 is 23.5 Å². The number of fused-ring (bicyclic) bond motifs is 1. The summed E-state index contributed by atoms with van der Waals surface area (Å²) in [6, 6.07) is 9.76. The summed E-state index contributed by atoms with van der Waals surface area (Å²) in [4.78, 5) is 24.8. The number of nitrogens with zero attached hydrogens (tertiary/aromatic N) is 4. The van der Waals surface area contributed by atoms with Gasteiger partial charge in [0.2, 0.25) is 5.95 Å². The topological polar surface area (TPSA) is 81.6 Å². The number of urea groups is 1. The molecule has 2 amide bonds. The first kappa shape index (κ1) is 20.7. The van der Waals surface area contributed by atoms with Crippen LogP contribution in [0.5, 0.6) is 0 Å². The molecule has 4 rings (SSSR count). The smallest absolute Gasteiger partial charge is 0.328 e. The van der Waals surface area contributed by atoms with Crippen molar-refractivity contribution in [1.82, 2.24) is 15.3 Å². The van der Waals surface area contributed by atoms with Crippen molar-refractivity contribution in [3.63, 3.8) is 0 Å². The average molecular weight is 425 g/mol. The van der Waals surface area contributed by atoms with Crippen LogP contribution in [0.25, 0.3) is 11.3 Å². The Kier molecular flexibility index (Phi) is 5.51. The van der Waals surface area contributed by atoms with E-state index >= 15 is 0 Å². The molecule has 2 heterocycles. The Hall–Kier alpha value is -3.59. The van der Waals surface area contributed by atoms with E-state index in [0.717, 1.165) is 0 Å². The fourth-order valence-corrected chi connectivity index (χ4v) is 3.54. The number of likely N-dealkylation sites (N-methyl/N-ethyl adjacent to an activating group) is 1. The molecule has 1 aliphatic heterocycles. The van der Waals surface area contributed by atoms with Gasteiger partial charge < -0.3 is 15.3 Å². The number of para-hydroxylation sites is 1. The van der Waals surface area contributed by atoms with Crippen molar-refractivity contribution in [3.8, 4) is 11.3 Å². The Bertz CT molecular complexity index is 1150. The first-order valence-corrected chi connectivity index (χ1v) is 9.72. The van der Waals surface area contributed by atoms with E-state index in [-0.39, 0.29) is 43.0 Å². The van der Waals surface area contributed by atoms with Crippen LogP contribution in [0.3, 0.4) is 0 Å². The molecule has 2 N–H and O–H groups in total. The molecule has 0 atom stereocenters. The first-order valence-electron chi connectivity index (χ1n) is 9.72. The minimum atomic E-state index is -0.575. The van der Waals surface area contributed by atoms with Gasteiger partial charge in [-0.2, -0.15) is 4.98 Å². The van der Waals surface area contributed by atoms with E-state index < -0.39 is 11.8 Å². The van der Waals surface area contributed by atoms with Gasteiger partial charge in [-0.05, 0) is 42.8 Å². The van der Waals surface area contributed by atoms with E-state index in [4.69, 9.17) is 0 Å². The molecular formula is C22H21F2N5O2. The highest BCUT2D eigenvalue weighted by molar-refractivity contribution is 6.02. The number of carbonyl (C=O) groups is 1. The van der Waals surface area contributed by atoms with Crippen LogP contribution in [0.4, 0.5) is 31.0 Å². The predicted molar refractivity (Wildman–Crippen MR) is 113 cm³/mol. The zero-order valence-electron chi connectivity index (χ0n) is 17.1. The molecule has 0 fully saturated rings. The van der Waals surface area contributed by atoms with Gasteiger partial charge in [0.1, 0.15) is 11.6 Å². The van der Waals surface area contributed by atoms with Gasteiger partial charge in [0, 0.05) is 24.7 Å². The molecule has 3 aromatic rings. The Labute approximate surface area is 178 Å². The second-order valence-electron chi connectivity index (χ2n) is 7.22. The van der Waals surface area contributed by atoms with Crippen LogP contribution in [-0.2, 0) is 6.54 Å². The Morgan fingerprint density at radius 2 is 1.97 bits per heavy atom. The number of hydrogen-bond donors (Lipinski definition) is 2. The number of benzene rings is 2. The number of rotatable bonds is 5. The highest BCUT2D eigenvalue weighted by Gasteiger charge is 2.32. The summed E-state index contributed by atoms with van der Waals surface area (Å²) in [6.45, 7) is 2.03. The van der Waals surface area contributed by atoms with Crippen molar-refractivity contribution in [2.75, 3.05) is 30.0 Å². The normalized spacial score (nSPS) is 13.1. The lowest BCUT2D eigenvalue weighted by Crippen LogP contribution is -2.43. The zero-order chi connectivity index (χ0) is 22.1. The van der Waals surface area contributed by atoms with Gasteiger partial charge in [0.05, 0.1) is 24.5 Å². The number of aryl methyl sites for hydroxylation is 1. The van der Waals surface area contributed by atoms with Crippen LogP contribution < -0.4 is 15.1 Å². The van der Waals surface area contributed by atoms with Gasteiger partial charge in [-0.3, -0.25) is 0 Å². The van der Waals surface area contributed by atoms with Gasteiger partial charge in [-0.1, -0.05) is 12.1 Å². The quantitative estimate of drug-likeness (QED) is 0.654. The monoisotopic (exact) mass is 425 g/mol. The van der Waals surface area contributed by atoms with E-state index in [1.807, 2.05) is 0 Å². The maximum atomic E-state index is 14.6. The molecule has 0 saturated heterocycles. The molecule has 31 heavy (non-hydrogen) atoms. The van der Waals surface area contributed by atoms with E-state index in [2.05, 4.69) is 15.3 Å². The summed E-state index contributed by atoms with van der Waals surface area (Å²) in [6.07, 6.45) is 0. The maximum absolute atomic E-state index is 14.6. The van der Waals surface area contributed by atoms with E-state index in [1.165, 1.54) is 35.2 Å². The van der Waals surface area contributed by atoms with Gasteiger partial charge in [0.25, 0.3) is 0 Å². The summed E-state index contributed by atoms with van der Waals surface area (Å²) < 4.78 is 28.3. The van der Waals surface area contributed by atoms with Crippen LogP contribution in [0.1, 0.15) is 11.1 Å². The summed E-state index contributed by atoms with van der Waals surface area (Å²) in [5, 5.41) is 12.1. The van der Waals surface area contributed by atoms with Crippen LogP contribution in [0.15, 0.2) is 42.5 Å². The number of halogens is 2. The molecule has 160 valence electrons. The summed E-state index contributed by atoms with van der Waals surface area (Å²) in [5.74, 6) is -0.457. The number of aromatic nitrogens is 2. The standard InChI is InChI=1S/C22H21F2N5O2/c1-13-11-14(23)7-8-15(13)19-16-12-25-22(31)29(18-6-4-3-5-17(18)24)20(16)27-21(26-19)28(2)9-10-30/h3-8,11,30H,9-10,12H2,1-2H3,(H,25,31). The van der Waals surface area contributed by atoms with Crippen molar-refractivity contribution < 1.29 is 18.7 Å². The predicted octanol–water partition coefficient (Wildman–Crippen LogP) is 3.52. The lowest BCUT2D eigenvalue weighted by Gasteiger charge is -2.31. The largest absolute Gasteiger partial charge is 0.395 e. The Balaban J connectivity index is 1.98. The van der Waals surface area contributed by atoms with Gasteiger partial charge in [-0.15, -0.1) is 0 Å². The third-order valence-corrected chi connectivity index (χ3v) is 5.12. The Morgan fingerprint density at radius 3 is 2.68 bits per heavy atom. The zero-order valence-corrected chi connectivity index (χ0v) is 17.1. The molecule has 0 spiro atoms. The summed E-state index contributed by atoms with van der Waals surface area (Å²) in [7, 11) is 1.70. The fraction of sp³-hybridized carbons (Fsp3) is 0.227. The lowest BCUT2D eigenvalue weighted by atomic mass is 10.00. The second-order valence-corrected chi connectivity index (χ2v) is 7.22. The maximum Gasteiger partial charge on any atom is 0.328 e. The number of carbonyl (C=O) groups excluding carboxylic acids is 1. The fourth-order valence-electron chi connectivity index (χ4n) is 3.54. The molecule has 0 bridgehead atoms. The number of anilines is 3. The highest BCUT2D eigenvalue weighted by Crippen LogP contribution is 2.38. The van der Waals surface area contributed by atoms with E-state index in [1.54, 1.807) is 31.0 Å². The SMILES string of the molecule is Cc1cc(F)ccc1-c1nc(N(C)CCO)nc2c1CNC(=O)N2c1ccccc1F. The third kappa shape index (κ3) is 3.79. The molecule has 0 aliphatic carbocycles. The Morgan fingerprint density at radius 1 is 1.19 bits per heavy atom. The van der Waals surface area contributed by atoms with E-state index in [9.17, 15) is 18.7 Å². The molecule has 7 nitrogen and oxygen atoms in total. The second kappa shape index (κ2) is 8.27. The first-order chi connectivity index (χ1) is 14.9. The number of amides is 2. The van der Waals surface area contributed by atoms with Crippen molar-refractivity contribution in [2.24, 2.45) is 0 Å². The number of nitrogens with one attached hydrogen (secondary N) is 1. The number of aliphatic hydroxyl groups is 1. The molecule has 2 aromatic carbocycles. The molecule has 0 unspecified atom stereocenters. The van der Waals surface area contributed by atoms with Gasteiger partial charge in [0.15, 0.2) is 5.82 Å². The molecule has 1 aliphatic rings. The number of hydrogen-bond acceptors (Lipinski definition) is 5. The summed E-state index contributed by atoms with van der Waals surface area (Å²) >= 11 is 0. The minimum Gasteiger partial charge on any atom is -0.395 e. The molecule has 0 saturated carbocycles. The van der Waals surface area contributed by atoms with Gasteiger partial charge >= 0.3 is 6.03 Å². The van der Waals surface area contributed by atoms with Crippen LogP contribution >= 0.6 is 0 Å². The highest BCUT2D eigenvalue weighted by atomic mass is 19.1. The van der Waals surface area contributed by atoms with Crippen molar-refractivity contribution in [3.05, 3.63) is 65.2 Å². The van der Waals surface area contributed by atoms with Crippen LogP contribution in [0, 0.1) is 18.6 Å². The summed E-state index contributed by atoms with van der Waals surface area (Å²) in [5.41, 5.74) is 2.47. The average Bonchev–Trinajstić information content (AvgIpc) is 2.74. The van der Waals surface area contributed by atoms with Crippen LogP contribution in [0.2, 0.25) is 0 Å².